The summed E-state index contributed by atoms with van der Waals surface area (Å²) in [4.78, 5) is 16.0. The van der Waals surface area contributed by atoms with Gasteiger partial charge in [0.25, 0.3) is 0 Å². The van der Waals surface area contributed by atoms with Gasteiger partial charge in [-0.25, -0.2) is 15.0 Å². The molecule has 2 aromatic heterocycles. The van der Waals surface area contributed by atoms with Crippen molar-refractivity contribution in [1.82, 2.24) is 15.0 Å². The van der Waals surface area contributed by atoms with Crippen LogP contribution in [0.5, 0.6) is 0 Å². The van der Waals surface area contributed by atoms with E-state index in [1.807, 2.05) is 0 Å². The lowest BCUT2D eigenvalue weighted by Crippen LogP contribution is -2.02. The largest absolute Gasteiger partial charge is 0.208 e. The second-order valence-electron chi connectivity index (χ2n) is 13.9. The summed E-state index contributed by atoms with van der Waals surface area (Å²) in [7, 11) is 0. The molecule has 9 aromatic carbocycles. The molecule has 0 atom stereocenters. The van der Waals surface area contributed by atoms with E-state index in [-0.39, 0.29) is 0 Å². The quantitative estimate of drug-likeness (QED) is 0.166. The van der Waals surface area contributed by atoms with Crippen LogP contribution >= 0.6 is 11.3 Å². The molecule has 55 heavy (non-hydrogen) atoms. The molecule has 0 fully saturated rings. The highest BCUT2D eigenvalue weighted by molar-refractivity contribution is 7.26. The van der Waals surface area contributed by atoms with Crippen molar-refractivity contribution in [3.8, 4) is 56.4 Å². The van der Waals surface area contributed by atoms with Gasteiger partial charge in [0.15, 0.2) is 17.5 Å². The zero-order chi connectivity index (χ0) is 36.3. The number of hydrogen-bond acceptors (Lipinski definition) is 4. The minimum absolute atomic E-state index is 0.639. The second-order valence-corrected chi connectivity index (χ2v) is 15.0. The molecular formula is C51H31N3S. The van der Waals surface area contributed by atoms with Crippen LogP contribution in [0.1, 0.15) is 0 Å². The summed E-state index contributed by atoms with van der Waals surface area (Å²) >= 11 is 1.79. The minimum atomic E-state index is 0.639. The third-order valence-corrected chi connectivity index (χ3v) is 12.0. The SMILES string of the molecule is c1ccc(-c2ccc3ccccc3c2-c2nc(-c3ccc(-c4cc5ccccc5c5ccccc45)cc3)nc(-c3cccc4c3sc3ccccc34)n2)cc1. The third kappa shape index (κ3) is 5.30. The van der Waals surface area contributed by atoms with Gasteiger partial charge in [0.2, 0.25) is 0 Å². The molecule has 11 rings (SSSR count). The lowest BCUT2D eigenvalue weighted by molar-refractivity contribution is 1.08. The molecule has 0 bridgehead atoms. The Balaban J connectivity index is 1.14. The van der Waals surface area contributed by atoms with Crippen molar-refractivity contribution >= 4 is 63.8 Å². The van der Waals surface area contributed by atoms with Crippen LogP contribution in [0.3, 0.4) is 0 Å². The topological polar surface area (TPSA) is 38.7 Å². The molecule has 0 spiro atoms. The van der Waals surface area contributed by atoms with Crippen molar-refractivity contribution in [2.75, 3.05) is 0 Å². The summed E-state index contributed by atoms with van der Waals surface area (Å²) in [6.07, 6.45) is 0. The highest BCUT2D eigenvalue weighted by atomic mass is 32.1. The van der Waals surface area contributed by atoms with Gasteiger partial charge in [-0.2, -0.15) is 0 Å². The first kappa shape index (κ1) is 31.5. The fourth-order valence-corrected chi connectivity index (χ4v) is 9.33. The van der Waals surface area contributed by atoms with E-state index in [1.165, 1.54) is 47.3 Å². The van der Waals surface area contributed by atoms with E-state index in [0.29, 0.717) is 17.5 Å². The zero-order valence-electron chi connectivity index (χ0n) is 29.6. The Bertz CT molecular complexity index is 3260. The molecule has 0 aliphatic carbocycles. The van der Waals surface area contributed by atoms with Crippen LogP contribution in [-0.2, 0) is 0 Å². The standard InChI is InChI=1S/C51H31N3S/c1-2-13-32(14-3-1)39-30-29-33-15-4-7-18-38(33)47(39)51-53-49(52-50(54-51)44-23-12-22-43-42-21-10-11-24-46(42)55-48(43)44)35-27-25-34(26-28-35)45-31-36-16-5-6-17-37(36)40-19-8-9-20-41(40)45/h1-31H. The molecule has 0 saturated heterocycles. The molecule has 0 aliphatic rings. The van der Waals surface area contributed by atoms with Crippen molar-refractivity contribution in [1.29, 1.82) is 0 Å². The van der Waals surface area contributed by atoms with Gasteiger partial charge < -0.3 is 0 Å². The third-order valence-electron chi connectivity index (χ3n) is 10.7. The maximum absolute atomic E-state index is 5.37. The first-order valence-electron chi connectivity index (χ1n) is 18.5. The molecule has 11 aromatic rings. The summed E-state index contributed by atoms with van der Waals surface area (Å²) in [6.45, 7) is 0. The van der Waals surface area contributed by atoms with Crippen molar-refractivity contribution in [3.05, 3.63) is 188 Å². The summed E-state index contributed by atoms with van der Waals surface area (Å²) < 4.78 is 2.42. The molecule has 0 amide bonds. The van der Waals surface area contributed by atoms with E-state index < -0.39 is 0 Å². The summed E-state index contributed by atoms with van der Waals surface area (Å²) in [6, 6.07) is 66.9. The zero-order valence-corrected chi connectivity index (χ0v) is 30.5. The Labute approximate surface area is 321 Å². The Hall–Kier alpha value is -7.01. The van der Waals surface area contributed by atoms with Gasteiger partial charge in [0.1, 0.15) is 0 Å². The molecule has 0 aliphatic heterocycles. The fourth-order valence-electron chi connectivity index (χ4n) is 8.12. The average molecular weight is 718 g/mol. The average Bonchev–Trinajstić information content (AvgIpc) is 3.65. The summed E-state index contributed by atoms with van der Waals surface area (Å²) in [5, 5.41) is 9.68. The molecule has 0 N–H and O–H groups in total. The molecule has 256 valence electrons. The first-order chi connectivity index (χ1) is 27.3. The van der Waals surface area contributed by atoms with Gasteiger partial charge in [-0.15, -0.1) is 11.3 Å². The van der Waals surface area contributed by atoms with Gasteiger partial charge in [-0.3, -0.25) is 0 Å². The van der Waals surface area contributed by atoms with E-state index in [0.717, 1.165) is 44.2 Å². The number of nitrogens with zero attached hydrogens (tertiary/aromatic N) is 3. The molecule has 0 unspecified atom stereocenters. The van der Waals surface area contributed by atoms with E-state index in [1.54, 1.807) is 11.3 Å². The van der Waals surface area contributed by atoms with Crippen LogP contribution in [0.25, 0.3) is 109 Å². The van der Waals surface area contributed by atoms with Gasteiger partial charge in [-0.05, 0) is 72.8 Å². The molecule has 3 nitrogen and oxygen atoms in total. The lowest BCUT2D eigenvalue weighted by Gasteiger charge is -2.15. The number of fused-ring (bicyclic) bond motifs is 7. The lowest BCUT2D eigenvalue weighted by atomic mass is 9.93. The van der Waals surface area contributed by atoms with E-state index in [2.05, 4.69) is 188 Å². The highest BCUT2D eigenvalue weighted by Gasteiger charge is 2.20. The first-order valence-corrected chi connectivity index (χ1v) is 19.3. The van der Waals surface area contributed by atoms with E-state index in [9.17, 15) is 0 Å². The van der Waals surface area contributed by atoms with Gasteiger partial charge in [-0.1, -0.05) is 170 Å². The number of rotatable bonds is 5. The van der Waals surface area contributed by atoms with Crippen LogP contribution in [0.4, 0.5) is 0 Å². The van der Waals surface area contributed by atoms with Gasteiger partial charge in [0, 0.05) is 36.9 Å². The van der Waals surface area contributed by atoms with Crippen molar-refractivity contribution in [2.45, 2.75) is 0 Å². The molecule has 0 radical (unpaired) electrons. The Morgan fingerprint density at radius 1 is 0.309 bits per heavy atom. The molecule has 2 heterocycles. The normalized spacial score (nSPS) is 11.6. The number of benzene rings is 9. The smallest absolute Gasteiger partial charge is 0.165 e. The van der Waals surface area contributed by atoms with E-state index >= 15 is 0 Å². The number of hydrogen-bond donors (Lipinski definition) is 0. The van der Waals surface area contributed by atoms with Crippen molar-refractivity contribution in [3.63, 3.8) is 0 Å². The maximum Gasteiger partial charge on any atom is 0.165 e. The Morgan fingerprint density at radius 3 is 1.75 bits per heavy atom. The second kappa shape index (κ2) is 12.8. The number of thiophene rings is 1. The predicted octanol–water partition coefficient (Wildman–Crippen LogP) is 14.0. The Kier molecular flexibility index (Phi) is 7.35. The van der Waals surface area contributed by atoms with Gasteiger partial charge in [0.05, 0.1) is 0 Å². The van der Waals surface area contributed by atoms with Crippen LogP contribution in [0.15, 0.2) is 188 Å². The van der Waals surface area contributed by atoms with Crippen LogP contribution in [0.2, 0.25) is 0 Å². The Morgan fingerprint density at radius 2 is 0.909 bits per heavy atom. The van der Waals surface area contributed by atoms with Crippen molar-refractivity contribution < 1.29 is 0 Å². The molecular weight excluding hydrogens is 687 g/mol. The van der Waals surface area contributed by atoms with Gasteiger partial charge >= 0.3 is 0 Å². The highest BCUT2D eigenvalue weighted by Crippen LogP contribution is 2.42. The monoisotopic (exact) mass is 717 g/mol. The molecule has 0 saturated carbocycles. The number of aromatic nitrogens is 3. The van der Waals surface area contributed by atoms with Crippen LogP contribution in [-0.4, -0.2) is 15.0 Å². The maximum atomic E-state index is 5.37. The minimum Gasteiger partial charge on any atom is -0.208 e. The fraction of sp³-hybridized carbons (Fsp3) is 0. The van der Waals surface area contributed by atoms with Crippen LogP contribution in [0, 0.1) is 0 Å². The van der Waals surface area contributed by atoms with Crippen LogP contribution < -0.4 is 0 Å². The van der Waals surface area contributed by atoms with E-state index in [4.69, 9.17) is 15.0 Å². The predicted molar refractivity (Wildman–Crippen MR) is 232 cm³/mol. The van der Waals surface area contributed by atoms with Crippen molar-refractivity contribution in [2.24, 2.45) is 0 Å². The molecule has 4 heteroatoms. The summed E-state index contributed by atoms with van der Waals surface area (Å²) in [5.74, 6) is 1.95. The summed E-state index contributed by atoms with van der Waals surface area (Å²) in [5.41, 5.74) is 7.49.